The molecule has 0 bridgehead atoms. The number of fused-ring (bicyclic) bond motifs is 1. The second-order valence-electron chi connectivity index (χ2n) is 5.67. The quantitative estimate of drug-likeness (QED) is 0.792. The predicted octanol–water partition coefficient (Wildman–Crippen LogP) is 3.39. The summed E-state index contributed by atoms with van der Waals surface area (Å²) in [4.78, 5) is 14.9. The molecule has 110 valence electrons. The Labute approximate surface area is 132 Å². The zero-order valence-corrected chi connectivity index (χ0v) is 14.2. The molecule has 0 saturated carbocycles. The lowest BCUT2D eigenvalue weighted by molar-refractivity contribution is 0.0980. The van der Waals surface area contributed by atoms with Crippen molar-refractivity contribution in [2.24, 2.45) is 7.05 Å². The van der Waals surface area contributed by atoms with E-state index in [9.17, 15) is 4.79 Å². The smallest absolute Gasteiger partial charge is 0.262 e. The van der Waals surface area contributed by atoms with Crippen molar-refractivity contribution in [3.63, 3.8) is 0 Å². The van der Waals surface area contributed by atoms with Crippen LogP contribution in [0.25, 0.3) is 0 Å². The molecule has 0 aliphatic carbocycles. The largest absolute Gasteiger partial charge is 0.305 e. The van der Waals surface area contributed by atoms with Crippen LogP contribution in [0, 0.1) is 13.8 Å². The number of halogens is 1. The van der Waals surface area contributed by atoms with Gasteiger partial charge in [-0.2, -0.15) is 5.10 Å². The molecule has 0 N–H and O–H groups in total. The second kappa shape index (κ2) is 4.98. The monoisotopic (exact) mass is 347 g/mol. The van der Waals surface area contributed by atoms with E-state index in [0.29, 0.717) is 0 Å². The van der Waals surface area contributed by atoms with Gasteiger partial charge in [0.2, 0.25) is 0 Å². The molecule has 21 heavy (non-hydrogen) atoms. The summed E-state index contributed by atoms with van der Waals surface area (Å²) >= 11 is 3.50. The molecule has 1 aliphatic heterocycles. The summed E-state index contributed by atoms with van der Waals surface area (Å²) in [6.07, 6.45) is 0.888. The van der Waals surface area contributed by atoms with Crippen LogP contribution in [-0.4, -0.2) is 21.7 Å². The molecule has 3 rings (SSSR count). The number of aromatic nitrogens is 2. The molecular formula is C16H18BrN3O. The number of aryl methyl sites for hydroxylation is 2. The SMILES string of the molecule is Cc1nn(C)c(C)c1C(=O)N1c2ccc(Br)cc2CC1C. The highest BCUT2D eigenvalue weighted by molar-refractivity contribution is 9.10. The van der Waals surface area contributed by atoms with Crippen molar-refractivity contribution in [2.75, 3.05) is 4.90 Å². The van der Waals surface area contributed by atoms with E-state index in [2.05, 4.69) is 34.0 Å². The van der Waals surface area contributed by atoms with Crippen LogP contribution in [0.3, 0.4) is 0 Å². The van der Waals surface area contributed by atoms with Gasteiger partial charge < -0.3 is 4.90 Å². The number of carbonyl (C=O) groups excluding carboxylic acids is 1. The molecule has 0 spiro atoms. The summed E-state index contributed by atoms with van der Waals surface area (Å²) in [5.41, 5.74) is 4.65. The van der Waals surface area contributed by atoms with Gasteiger partial charge in [-0.15, -0.1) is 0 Å². The van der Waals surface area contributed by atoms with Crippen LogP contribution in [0.2, 0.25) is 0 Å². The van der Waals surface area contributed by atoms with E-state index in [1.54, 1.807) is 4.68 Å². The van der Waals surface area contributed by atoms with Crippen molar-refractivity contribution in [3.05, 3.63) is 45.2 Å². The Kier molecular flexibility index (Phi) is 3.40. The van der Waals surface area contributed by atoms with Gasteiger partial charge >= 0.3 is 0 Å². The van der Waals surface area contributed by atoms with Crippen LogP contribution >= 0.6 is 15.9 Å². The molecule has 0 radical (unpaired) electrons. The first-order valence-electron chi connectivity index (χ1n) is 7.02. The van der Waals surface area contributed by atoms with Crippen molar-refractivity contribution < 1.29 is 4.79 Å². The first kappa shape index (κ1) is 14.3. The lowest BCUT2D eigenvalue weighted by Crippen LogP contribution is -2.36. The fourth-order valence-electron chi connectivity index (χ4n) is 3.11. The Balaban J connectivity index is 2.07. The molecule has 1 amide bonds. The summed E-state index contributed by atoms with van der Waals surface area (Å²) in [6, 6.07) is 6.27. The van der Waals surface area contributed by atoms with Gasteiger partial charge in [0.1, 0.15) is 0 Å². The summed E-state index contributed by atoms with van der Waals surface area (Å²) in [7, 11) is 1.87. The van der Waals surface area contributed by atoms with Crippen LogP contribution in [0.5, 0.6) is 0 Å². The zero-order chi connectivity index (χ0) is 15.3. The Morgan fingerprint density at radius 2 is 2.10 bits per heavy atom. The summed E-state index contributed by atoms with van der Waals surface area (Å²) in [6.45, 7) is 5.92. The third-order valence-corrected chi connectivity index (χ3v) is 4.69. The standard InChI is InChI=1S/C16H18BrN3O/c1-9-7-12-8-13(17)5-6-14(12)20(9)16(21)15-10(2)18-19(4)11(15)3/h5-6,8-9H,7H2,1-4H3. The Morgan fingerprint density at radius 3 is 2.71 bits per heavy atom. The van der Waals surface area contributed by atoms with Gasteiger partial charge in [-0.25, -0.2) is 0 Å². The molecule has 0 saturated heterocycles. The third-order valence-electron chi connectivity index (χ3n) is 4.20. The van der Waals surface area contributed by atoms with E-state index >= 15 is 0 Å². The molecule has 2 heterocycles. The average Bonchev–Trinajstić information content (AvgIpc) is 2.85. The number of carbonyl (C=O) groups is 1. The molecule has 5 heteroatoms. The summed E-state index contributed by atoms with van der Waals surface area (Å²) < 4.78 is 2.82. The Morgan fingerprint density at radius 1 is 1.38 bits per heavy atom. The summed E-state index contributed by atoms with van der Waals surface area (Å²) in [5, 5.41) is 4.36. The maximum atomic E-state index is 13.0. The number of anilines is 1. The minimum atomic E-state index is 0.0478. The molecule has 0 fully saturated rings. The fourth-order valence-corrected chi connectivity index (χ4v) is 3.52. The number of nitrogens with zero attached hydrogens (tertiary/aromatic N) is 3. The minimum Gasteiger partial charge on any atom is -0.305 e. The number of hydrogen-bond donors (Lipinski definition) is 0. The van der Waals surface area contributed by atoms with Crippen molar-refractivity contribution in [3.8, 4) is 0 Å². The van der Waals surface area contributed by atoms with Gasteiger partial charge in [0.25, 0.3) is 5.91 Å². The molecule has 1 aromatic carbocycles. The van der Waals surface area contributed by atoms with E-state index in [1.807, 2.05) is 37.9 Å². The molecular weight excluding hydrogens is 330 g/mol. The van der Waals surface area contributed by atoms with Gasteiger partial charge in [-0.1, -0.05) is 15.9 Å². The first-order valence-corrected chi connectivity index (χ1v) is 7.81. The van der Waals surface area contributed by atoms with Crippen LogP contribution in [-0.2, 0) is 13.5 Å². The van der Waals surface area contributed by atoms with Crippen molar-refractivity contribution >= 4 is 27.5 Å². The van der Waals surface area contributed by atoms with Gasteiger partial charge in [-0.3, -0.25) is 9.48 Å². The molecule has 4 nitrogen and oxygen atoms in total. The number of hydrogen-bond acceptors (Lipinski definition) is 2. The van der Waals surface area contributed by atoms with E-state index in [-0.39, 0.29) is 11.9 Å². The summed E-state index contributed by atoms with van der Waals surface area (Å²) in [5.74, 6) is 0.0478. The van der Waals surface area contributed by atoms with Crippen LogP contribution < -0.4 is 4.90 Å². The van der Waals surface area contributed by atoms with Crippen molar-refractivity contribution in [1.29, 1.82) is 0 Å². The van der Waals surface area contributed by atoms with E-state index in [0.717, 1.165) is 33.5 Å². The number of benzene rings is 1. The number of amides is 1. The van der Waals surface area contributed by atoms with Crippen molar-refractivity contribution in [2.45, 2.75) is 33.2 Å². The fraction of sp³-hybridized carbons (Fsp3) is 0.375. The van der Waals surface area contributed by atoms with E-state index in [4.69, 9.17) is 0 Å². The minimum absolute atomic E-state index is 0.0478. The van der Waals surface area contributed by atoms with E-state index in [1.165, 1.54) is 5.56 Å². The van der Waals surface area contributed by atoms with Crippen LogP contribution in [0.4, 0.5) is 5.69 Å². The topological polar surface area (TPSA) is 38.1 Å². The average molecular weight is 348 g/mol. The maximum absolute atomic E-state index is 13.0. The van der Waals surface area contributed by atoms with Crippen molar-refractivity contribution in [1.82, 2.24) is 9.78 Å². The zero-order valence-electron chi connectivity index (χ0n) is 12.6. The lowest BCUT2D eigenvalue weighted by atomic mass is 10.1. The molecule has 1 aromatic heterocycles. The lowest BCUT2D eigenvalue weighted by Gasteiger charge is -2.23. The maximum Gasteiger partial charge on any atom is 0.262 e. The normalized spacial score (nSPS) is 17.2. The Hall–Kier alpha value is -1.62. The highest BCUT2D eigenvalue weighted by Crippen LogP contribution is 2.35. The highest BCUT2D eigenvalue weighted by Gasteiger charge is 2.33. The number of rotatable bonds is 1. The van der Waals surface area contributed by atoms with Gasteiger partial charge in [0.05, 0.1) is 11.3 Å². The van der Waals surface area contributed by atoms with Crippen LogP contribution in [0.1, 0.15) is 34.2 Å². The predicted molar refractivity (Wildman–Crippen MR) is 86.8 cm³/mol. The molecule has 1 unspecified atom stereocenters. The first-order chi connectivity index (χ1) is 9.90. The van der Waals surface area contributed by atoms with Gasteiger partial charge in [0, 0.05) is 28.9 Å². The molecule has 1 aliphatic rings. The van der Waals surface area contributed by atoms with Gasteiger partial charge in [0.15, 0.2) is 0 Å². The molecule has 2 aromatic rings. The van der Waals surface area contributed by atoms with Crippen LogP contribution in [0.15, 0.2) is 22.7 Å². The third kappa shape index (κ3) is 2.20. The second-order valence-corrected chi connectivity index (χ2v) is 6.59. The van der Waals surface area contributed by atoms with Gasteiger partial charge in [-0.05, 0) is 51.0 Å². The van der Waals surface area contributed by atoms with E-state index < -0.39 is 0 Å². The molecule has 1 atom stereocenters. The Bertz CT molecular complexity index is 735. The highest BCUT2D eigenvalue weighted by atomic mass is 79.9.